The first-order valence-corrected chi connectivity index (χ1v) is 8.57. The van der Waals surface area contributed by atoms with E-state index in [4.69, 9.17) is 29.6 Å². The highest BCUT2D eigenvalue weighted by Crippen LogP contribution is 2.22. The van der Waals surface area contributed by atoms with Gasteiger partial charge in [0.1, 0.15) is 9.88 Å². The van der Waals surface area contributed by atoms with Gasteiger partial charge in [0.05, 0.1) is 22.8 Å². The molecule has 0 aliphatic rings. The van der Waals surface area contributed by atoms with E-state index in [1.54, 1.807) is 10.9 Å². The van der Waals surface area contributed by atoms with E-state index in [2.05, 4.69) is 9.71 Å². The Morgan fingerprint density at radius 3 is 2.80 bits per heavy atom. The van der Waals surface area contributed by atoms with Crippen LogP contribution in [0.4, 0.5) is 0 Å². The Balaban J connectivity index is 2.23. The largest absolute Gasteiger partial charge is 0.389 e. The number of nitrogens with two attached hydrogens (primary N) is 1. The first-order chi connectivity index (χ1) is 9.40. The molecule has 0 saturated carbocycles. The fraction of sp³-hybridized carbons (Fsp3) is 0.0909. The summed E-state index contributed by atoms with van der Waals surface area (Å²) in [5, 5.41) is 1.83. The third-order valence-corrected chi connectivity index (χ3v) is 5.19. The molecule has 1 aromatic carbocycles. The molecule has 9 heteroatoms. The van der Waals surface area contributed by atoms with Gasteiger partial charge in [-0.2, -0.15) is 0 Å². The number of benzene rings is 1. The van der Waals surface area contributed by atoms with Crippen molar-refractivity contribution in [2.75, 3.05) is 0 Å². The zero-order valence-corrected chi connectivity index (χ0v) is 13.2. The van der Waals surface area contributed by atoms with E-state index >= 15 is 0 Å². The van der Waals surface area contributed by atoms with Crippen molar-refractivity contribution in [1.82, 2.24) is 9.71 Å². The van der Waals surface area contributed by atoms with Crippen molar-refractivity contribution >= 4 is 50.2 Å². The number of rotatable bonds is 5. The van der Waals surface area contributed by atoms with Gasteiger partial charge < -0.3 is 5.73 Å². The number of aromatic nitrogens is 1. The Kier molecular flexibility index (Phi) is 4.71. The number of thiocarbonyl (C=S) groups is 1. The highest BCUT2D eigenvalue weighted by molar-refractivity contribution is 7.89. The molecule has 0 atom stereocenters. The molecule has 1 heterocycles. The topological polar surface area (TPSA) is 85.1 Å². The summed E-state index contributed by atoms with van der Waals surface area (Å²) >= 11 is 12.2. The monoisotopic (exact) mass is 347 g/mol. The summed E-state index contributed by atoms with van der Waals surface area (Å²) in [5.74, 6) is 0. The molecular formula is C11H10ClN3O2S3. The van der Waals surface area contributed by atoms with Gasteiger partial charge >= 0.3 is 0 Å². The van der Waals surface area contributed by atoms with Gasteiger partial charge in [0.15, 0.2) is 0 Å². The fourth-order valence-electron chi connectivity index (χ4n) is 1.44. The van der Waals surface area contributed by atoms with Gasteiger partial charge in [-0.25, -0.2) is 18.1 Å². The van der Waals surface area contributed by atoms with Gasteiger partial charge in [0, 0.05) is 10.9 Å². The van der Waals surface area contributed by atoms with Gasteiger partial charge in [-0.05, 0) is 12.1 Å². The molecule has 0 bridgehead atoms. The predicted molar refractivity (Wildman–Crippen MR) is 83.5 cm³/mol. The van der Waals surface area contributed by atoms with Gasteiger partial charge in [0.2, 0.25) is 10.0 Å². The lowest BCUT2D eigenvalue weighted by Gasteiger charge is -2.08. The van der Waals surface area contributed by atoms with Gasteiger partial charge in [0.25, 0.3) is 0 Å². The number of thiazole rings is 1. The molecule has 0 amide bonds. The lowest BCUT2D eigenvalue weighted by Crippen LogP contribution is -2.24. The average Bonchev–Trinajstić information content (AvgIpc) is 2.89. The second-order valence-electron chi connectivity index (χ2n) is 3.81. The molecule has 2 rings (SSSR count). The molecule has 1 aromatic heterocycles. The summed E-state index contributed by atoms with van der Waals surface area (Å²) in [7, 11) is -3.71. The maximum Gasteiger partial charge on any atom is 0.242 e. The third kappa shape index (κ3) is 3.53. The smallest absolute Gasteiger partial charge is 0.242 e. The maximum atomic E-state index is 12.1. The minimum Gasteiger partial charge on any atom is -0.389 e. The highest BCUT2D eigenvalue weighted by Gasteiger charge is 2.18. The maximum absolute atomic E-state index is 12.1. The standard InChI is InChI=1S/C11H10ClN3O2S3/c12-9-3-7(11(13)18)1-2-10(9)20(16,17)15-4-8-5-19-6-14-8/h1-3,5-6,15H,4H2,(H2,13,18). The Morgan fingerprint density at radius 1 is 1.50 bits per heavy atom. The normalized spacial score (nSPS) is 11.4. The summed E-state index contributed by atoms with van der Waals surface area (Å²) in [6, 6.07) is 4.33. The van der Waals surface area contributed by atoms with E-state index < -0.39 is 10.0 Å². The van der Waals surface area contributed by atoms with E-state index in [1.165, 1.54) is 29.5 Å². The third-order valence-electron chi connectivity index (χ3n) is 2.43. The summed E-state index contributed by atoms with van der Waals surface area (Å²) in [5.41, 5.74) is 8.26. The van der Waals surface area contributed by atoms with Crippen molar-refractivity contribution in [3.05, 3.63) is 45.4 Å². The molecular weight excluding hydrogens is 338 g/mol. The van der Waals surface area contributed by atoms with Crippen LogP contribution < -0.4 is 10.5 Å². The lowest BCUT2D eigenvalue weighted by atomic mass is 10.2. The molecule has 0 spiro atoms. The van der Waals surface area contributed by atoms with Crippen molar-refractivity contribution in [2.24, 2.45) is 5.73 Å². The van der Waals surface area contributed by atoms with Crippen LogP contribution in [-0.4, -0.2) is 18.4 Å². The molecule has 0 fully saturated rings. The average molecular weight is 348 g/mol. The Labute approximate surface area is 130 Å². The van der Waals surface area contributed by atoms with Crippen LogP contribution in [0, 0.1) is 0 Å². The summed E-state index contributed by atoms with van der Waals surface area (Å²) in [6.07, 6.45) is 0. The Hall–Kier alpha value is -1.06. The predicted octanol–water partition coefficient (Wildman–Crippen LogP) is 1.91. The van der Waals surface area contributed by atoms with Crippen LogP contribution in [0.25, 0.3) is 0 Å². The van der Waals surface area contributed by atoms with Crippen molar-refractivity contribution < 1.29 is 8.42 Å². The number of hydrogen-bond acceptors (Lipinski definition) is 5. The van der Waals surface area contributed by atoms with Crippen LogP contribution in [0.15, 0.2) is 34.0 Å². The SMILES string of the molecule is NC(=S)c1ccc(S(=O)(=O)NCc2cscn2)c(Cl)c1. The van der Waals surface area contributed by atoms with Gasteiger partial charge in [-0.3, -0.25) is 0 Å². The summed E-state index contributed by atoms with van der Waals surface area (Å²) in [6.45, 7) is 0.110. The van der Waals surface area contributed by atoms with E-state index in [9.17, 15) is 8.42 Å². The van der Waals surface area contributed by atoms with E-state index in [0.29, 0.717) is 11.3 Å². The van der Waals surface area contributed by atoms with Crippen LogP contribution in [-0.2, 0) is 16.6 Å². The number of nitrogens with one attached hydrogen (secondary N) is 1. The molecule has 0 saturated heterocycles. The first kappa shape index (κ1) is 15.3. The molecule has 3 N–H and O–H groups in total. The summed E-state index contributed by atoms with van der Waals surface area (Å²) in [4.78, 5) is 4.14. The molecule has 0 aliphatic carbocycles. The zero-order valence-electron chi connectivity index (χ0n) is 10.0. The van der Waals surface area contributed by atoms with Crippen LogP contribution in [0.5, 0.6) is 0 Å². The van der Waals surface area contributed by atoms with Gasteiger partial charge in [-0.1, -0.05) is 29.9 Å². The molecule has 0 unspecified atom stereocenters. The molecule has 5 nitrogen and oxygen atoms in total. The molecule has 0 aliphatic heterocycles. The minimum atomic E-state index is -3.71. The summed E-state index contributed by atoms with van der Waals surface area (Å²) < 4.78 is 26.7. The van der Waals surface area contributed by atoms with Crippen molar-refractivity contribution in [1.29, 1.82) is 0 Å². The quantitative estimate of drug-likeness (QED) is 0.807. The Morgan fingerprint density at radius 2 is 2.25 bits per heavy atom. The number of sulfonamides is 1. The van der Waals surface area contributed by atoms with Crippen LogP contribution in [0.3, 0.4) is 0 Å². The molecule has 106 valence electrons. The minimum absolute atomic E-state index is 0.0191. The number of nitrogens with zero attached hydrogens (tertiary/aromatic N) is 1. The molecule has 2 aromatic rings. The molecule has 20 heavy (non-hydrogen) atoms. The van der Waals surface area contributed by atoms with Crippen molar-refractivity contribution in [3.8, 4) is 0 Å². The lowest BCUT2D eigenvalue weighted by molar-refractivity contribution is 0.580. The van der Waals surface area contributed by atoms with Crippen LogP contribution in [0.2, 0.25) is 5.02 Å². The Bertz CT molecular complexity index is 729. The second kappa shape index (κ2) is 6.15. The number of hydrogen-bond donors (Lipinski definition) is 2. The first-order valence-electron chi connectivity index (χ1n) is 5.36. The second-order valence-corrected chi connectivity index (χ2v) is 7.11. The molecule has 0 radical (unpaired) electrons. The number of halogens is 1. The van der Waals surface area contributed by atoms with Crippen LogP contribution in [0.1, 0.15) is 11.3 Å². The highest BCUT2D eigenvalue weighted by atomic mass is 35.5. The van der Waals surface area contributed by atoms with E-state index in [0.717, 1.165) is 0 Å². The van der Waals surface area contributed by atoms with Gasteiger partial charge in [-0.15, -0.1) is 11.3 Å². The van der Waals surface area contributed by atoms with E-state index in [1.807, 2.05) is 0 Å². The van der Waals surface area contributed by atoms with Crippen molar-refractivity contribution in [2.45, 2.75) is 11.4 Å². The van der Waals surface area contributed by atoms with E-state index in [-0.39, 0.29) is 21.5 Å². The fourth-order valence-corrected chi connectivity index (χ4v) is 3.67. The zero-order chi connectivity index (χ0) is 14.8. The van der Waals surface area contributed by atoms with Crippen molar-refractivity contribution in [3.63, 3.8) is 0 Å². The van der Waals surface area contributed by atoms with Crippen LogP contribution >= 0.6 is 35.2 Å².